The van der Waals surface area contributed by atoms with E-state index in [0.29, 0.717) is 0 Å². The van der Waals surface area contributed by atoms with Gasteiger partial charge >= 0.3 is 0 Å². The Morgan fingerprint density at radius 1 is 0.857 bits per heavy atom. The van der Waals surface area contributed by atoms with Gasteiger partial charge < -0.3 is 5.21 Å². The van der Waals surface area contributed by atoms with E-state index in [1.165, 1.54) is 13.8 Å². The van der Waals surface area contributed by atoms with E-state index in [4.69, 9.17) is 14.3 Å². The molecule has 0 radical (unpaired) electrons. The average Bonchev–Trinajstić information content (AvgIpc) is 2.07. The molecule has 0 spiro atoms. The zero-order chi connectivity index (χ0) is 12.4. The number of rotatable bonds is 2. The molecule has 0 unspecified atom stereocenters. The lowest BCUT2D eigenvalue weighted by atomic mass is 11.0. The molecular formula is C4H15NO7S2. The summed E-state index contributed by atoms with van der Waals surface area (Å²) in [6.07, 6.45) is 0. The van der Waals surface area contributed by atoms with Gasteiger partial charge in [0.25, 0.3) is 20.2 Å². The van der Waals surface area contributed by atoms with Crippen LogP contribution in [0, 0.1) is 0 Å². The van der Waals surface area contributed by atoms with Gasteiger partial charge in [-0.3, -0.25) is 9.11 Å². The Kier molecular flexibility index (Phi) is 12.8. The Hall–Kier alpha value is -0.260. The summed E-state index contributed by atoms with van der Waals surface area (Å²) in [5.74, 6) is 3.10. The molecule has 5 N–H and O–H groups in total. The minimum absolute atomic E-state index is 0.201. The second-order valence-electron chi connectivity index (χ2n) is 1.74. The molecule has 0 aliphatic heterocycles. The lowest BCUT2D eigenvalue weighted by molar-refractivity contribution is 0.311. The highest BCUT2D eigenvalue weighted by atomic mass is 32.2. The van der Waals surface area contributed by atoms with Gasteiger partial charge in [0.05, 0.1) is 11.5 Å². The van der Waals surface area contributed by atoms with E-state index in [0.717, 1.165) is 0 Å². The molecule has 0 fully saturated rings. The highest BCUT2D eigenvalue weighted by Gasteiger charge is 1.93. The van der Waals surface area contributed by atoms with Crippen LogP contribution >= 0.6 is 0 Å². The van der Waals surface area contributed by atoms with Crippen LogP contribution in [0.4, 0.5) is 0 Å². The predicted molar refractivity (Wildman–Crippen MR) is 50.2 cm³/mol. The van der Waals surface area contributed by atoms with Crippen LogP contribution in [-0.4, -0.2) is 42.7 Å². The topological polar surface area (TPSA) is 155 Å². The van der Waals surface area contributed by atoms with Crippen LogP contribution in [-0.2, 0) is 20.2 Å². The van der Waals surface area contributed by atoms with Crippen molar-refractivity contribution in [3.8, 4) is 0 Å². The quantitative estimate of drug-likeness (QED) is 0.365. The number of nitrogens with two attached hydrogens (primary N) is 1. The lowest BCUT2D eigenvalue weighted by Gasteiger charge is -1.79. The molecule has 8 nitrogen and oxygen atoms in total. The Balaban J connectivity index is -0.000000147. The Morgan fingerprint density at radius 2 is 0.929 bits per heavy atom. The largest absolute Gasteiger partial charge is 0.320 e. The van der Waals surface area contributed by atoms with Crippen LogP contribution in [0.15, 0.2) is 0 Å². The van der Waals surface area contributed by atoms with Crippen LogP contribution in [0.25, 0.3) is 0 Å². The SMILES string of the molecule is CCS(=O)(=O)O.CCS(=O)(=O)O.NO. The molecule has 0 bridgehead atoms. The second-order valence-corrected chi connectivity index (χ2v) is 5.22. The Morgan fingerprint density at radius 3 is 0.929 bits per heavy atom. The molecule has 0 heterocycles. The molecular weight excluding hydrogens is 238 g/mol. The van der Waals surface area contributed by atoms with Crippen LogP contribution in [0.5, 0.6) is 0 Å². The summed E-state index contributed by atoms with van der Waals surface area (Å²) in [4.78, 5) is 0. The summed E-state index contributed by atoms with van der Waals surface area (Å²) < 4.78 is 53.8. The summed E-state index contributed by atoms with van der Waals surface area (Å²) in [6.45, 7) is 2.74. The molecule has 0 aromatic carbocycles. The summed E-state index contributed by atoms with van der Waals surface area (Å²) in [5.41, 5.74) is 0. The lowest BCUT2D eigenvalue weighted by Crippen LogP contribution is -1.97. The third-order valence-electron chi connectivity index (χ3n) is 0.730. The first-order chi connectivity index (χ1) is 6.12. The monoisotopic (exact) mass is 253 g/mol. The van der Waals surface area contributed by atoms with E-state index in [9.17, 15) is 16.8 Å². The maximum Gasteiger partial charge on any atom is 0.264 e. The fourth-order valence-corrected chi connectivity index (χ4v) is 0. The van der Waals surface area contributed by atoms with Crippen molar-refractivity contribution in [2.45, 2.75) is 13.8 Å². The normalized spacial score (nSPS) is 10.4. The Labute approximate surface area is 83.2 Å². The van der Waals surface area contributed by atoms with Gasteiger partial charge in [0, 0.05) is 0 Å². The van der Waals surface area contributed by atoms with Crippen molar-refractivity contribution in [3.05, 3.63) is 0 Å². The average molecular weight is 253 g/mol. The first kappa shape index (κ1) is 19.3. The van der Waals surface area contributed by atoms with Gasteiger partial charge in [0.2, 0.25) is 0 Å². The molecule has 0 atom stereocenters. The molecule has 10 heteroatoms. The zero-order valence-corrected chi connectivity index (χ0v) is 9.42. The van der Waals surface area contributed by atoms with Crippen molar-refractivity contribution >= 4 is 20.2 Å². The summed E-state index contributed by atoms with van der Waals surface area (Å²) in [7, 11) is -7.32. The first-order valence-electron chi connectivity index (χ1n) is 3.28. The fourth-order valence-electron chi connectivity index (χ4n) is 0. The molecule has 0 rings (SSSR count). The molecule has 0 aromatic rings. The maximum atomic E-state index is 9.56. The molecule has 0 saturated carbocycles. The summed E-state index contributed by atoms with van der Waals surface area (Å²) in [5, 5.41) is 6.50. The molecule has 14 heavy (non-hydrogen) atoms. The standard InChI is InChI=1S/2C2H6O3S.H3NO/c2*1-2-6(3,4)5;1-2/h2*2H2,1H3,(H,3,4,5);2H,1H2. The number of hydrogen-bond donors (Lipinski definition) is 4. The van der Waals surface area contributed by atoms with Gasteiger partial charge in [-0.05, 0) is 13.8 Å². The van der Waals surface area contributed by atoms with Gasteiger partial charge in [-0.25, -0.2) is 5.90 Å². The molecule has 0 aromatic heterocycles. The minimum atomic E-state index is -3.66. The van der Waals surface area contributed by atoms with E-state index in [2.05, 4.69) is 5.90 Å². The highest BCUT2D eigenvalue weighted by molar-refractivity contribution is 7.85. The Bertz CT molecular complexity index is 260. The van der Waals surface area contributed by atoms with Gasteiger partial charge in [-0.1, -0.05) is 0 Å². The zero-order valence-electron chi connectivity index (χ0n) is 7.78. The molecule has 0 aliphatic carbocycles. The van der Waals surface area contributed by atoms with Crippen LogP contribution < -0.4 is 5.90 Å². The van der Waals surface area contributed by atoms with E-state index in [1.54, 1.807) is 0 Å². The van der Waals surface area contributed by atoms with Gasteiger partial charge in [0.15, 0.2) is 0 Å². The van der Waals surface area contributed by atoms with Crippen molar-refractivity contribution < 1.29 is 31.1 Å². The van der Waals surface area contributed by atoms with Crippen molar-refractivity contribution in [1.29, 1.82) is 0 Å². The summed E-state index contributed by atoms with van der Waals surface area (Å²) in [6, 6.07) is 0. The van der Waals surface area contributed by atoms with Gasteiger partial charge in [0.1, 0.15) is 0 Å². The summed E-state index contributed by atoms with van der Waals surface area (Å²) >= 11 is 0. The van der Waals surface area contributed by atoms with Gasteiger partial charge in [-0.2, -0.15) is 16.8 Å². The highest BCUT2D eigenvalue weighted by Crippen LogP contribution is 1.74. The van der Waals surface area contributed by atoms with Crippen LogP contribution in [0.3, 0.4) is 0 Å². The van der Waals surface area contributed by atoms with Gasteiger partial charge in [-0.15, -0.1) is 0 Å². The number of hydrogen-bond acceptors (Lipinski definition) is 6. The second kappa shape index (κ2) is 9.30. The first-order valence-corrected chi connectivity index (χ1v) is 6.50. The van der Waals surface area contributed by atoms with Crippen LogP contribution in [0.1, 0.15) is 13.8 Å². The van der Waals surface area contributed by atoms with Crippen LogP contribution in [0.2, 0.25) is 0 Å². The van der Waals surface area contributed by atoms with Crippen molar-refractivity contribution in [2.75, 3.05) is 11.5 Å². The van der Waals surface area contributed by atoms with Crippen molar-refractivity contribution in [1.82, 2.24) is 0 Å². The maximum absolute atomic E-state index is 9.56. The molecule has 0 saturated heterocycles. The van der Waals surface area contributed by atoms with Crippen molar-refractivity contribution in [2.24, 2.45) is 5.90 Å². The van der Waals surface area contributed by atoms with E-state index in [-0.39, 0.29) is 11.5 Å². The predicted octanol–water partition coefficient (Wildman–Crippen LogP) is -0.877. The molecule has 0 amide bonds. The third kappa shape index (κ3) is 41.1. The third-order valence-corrected chi connectivity index (χ3v) is 2.19. The van der Waals surface area contributed by atoms with E-state index in [1.807, 2.05) is 0 Å². The smallest absolute Gasteiger partial charge is 0.264 e. The fraction of sp³-hybridized carbons (Fsp3) is 1.00. The van der Waals surface area contributed by atoms with E-state index >= 15 is 0 Å². The van der Waals surface area contributed by atoms with Crippen molar-refractivity contribution in [3.63, 3.8) is 0 Å². The minimum Gasteiger partial charge on any atom is -0.320 e. The molecule has 0 aliphatic rings. The van der Waals surface area contributed by atoms with E-state index < -0.39 is 20.2 Å². The molecule has 90 valence electrons.